The lowest BCUT2D eigenvalue weighted by Crippen LogP contribution is -2.38. The van der Waals surface area contributed by atoms with Gasteiger partial charge in [-0.3, -0.25) is 9.89 Å². The number of amides is 1. The summed E-state index contributed by atoms with van der Waals surface area (Å²) < 4.78 is 13.5. The van der Waals surface area contributed by atoms with Crippen LogP contribution in [-0.4, -0.2) is 58.2 Å². The van der Waals surface area contributed by atoms with E-state index in [0.717, 1.165) is 60.2 Å². The molecule has 1 aliphatic carbocycles. The molecule has 2 aromatic heterocycles. The number of H-pyrrole nitrogens is 1. The van der Waals surface area contributed by atoms with Crippen molar-refractivity contribution in [2.75, 3.05) is 32.1 Å². The van der Waals surface area contributed by atoms with Gasteiger partial charge in [0.25, 0.3) is 5.91 Å². The molecule has 1 saturated heterocycles. The summed E-state index contributed by atoms with van der Waals surface area (Å²) in [7, 11) is 3.83. The van der Waals surface area contributed by atoms with E-state index in [0.29, 0.717) is 24.7 Å². The predicted octanol–water partition coefficient (Wildman–Crippen LogP) is 3.58. The summed E-state index contributed by atoms with van der Waals surface area (Å²) >= 11 is 0. The van der Waals surface area contributed by atoms with Crippen LogP contribution < -0.4 is 4.90 Å². The van der Waals surface area contributed by atoms with E-state index >= 15 is 0 Å². The van der Waals surface area contributed by atoms with Crippen molar-refractivity contribution >= 4 is 11.9 Å². The molecular weight excluding hydrogens is 407 g/mol. The SMILES string of the molecule is CN(C)c1ncc(-c2ccc(F)cc2)c(C2CCN(C(=O)c3n[nH]c4c3CCC4)CC2)n1. The summed E-state index contributed by atoms with van der Waals surface area (Å²) in [5, 5.41) is 7.35. The topological polar surface area (TPSA) is 78.0 Å². The lowest BCUT2D eigenvalue weighted by atomic mass is 9.88. The second-order valence-electron chi connectivity index (χ2n) is 8.82. The fraction of sp³-hybridized carbons (Fsp3) is 0.417. The van der Waals surface area contributed by atoms with Crippen molar-refractivity contribution in [3.63, 3.8) is 0 Å². The number of halogens is 1. The maximum Gasteiger partial charge on any atom is 0.274 e. The standard InChI is InChI=1S/C24H27FN6O/c1-30(2)24-26-14-19(15-6-8-17(25)9-7-15)21(27-24)16-10-12-31(13-11-16)23(32)22-18-4-3-5-20(18)28-29-22/h6-9,14,16H,3-5,10-13H2,1-2H3,(H,28,29). The number of anilines is 1. The first kappa shape index (κ1) is 20.6. The minimum Gasteiger partial charge on any atom is -0.347 e. The van der Waals surface area contributed by atoms with Gasteiger partial charge in [0.2, 0.25) is 5.95 Å². The highest BCUT2D eigenvalue weighted by Crippen LogP contribution is 2.35. The van der Waals surface area contributed by atoms with Gasteiger partial charge < -0.3 is 9.80 Å². The number of likely N-dealkylation sites (tertiary alicyclic amines) is 1. The van der Waals surface area contributed by atoms with Crippen molar-refractivity contribution < 1.29 is 9.18 Å². The van der Waals surface area contributed by atoms with Crippen LogP contribution in [0.4, 0.5) is 10.3 Å². The lowest BCUT2D eigenvalue weighted by molar-refractivity contribution is 0.0705. The van der Waals surface area contributed by atoms with Gasteiger partial charge in [-0.05, 0) is 49.8 Å². The fourth-order valence-corrected chi connectivity index (χ4v) is 4.77. The number of nitrogens with one attached hydrogen (secondary N) is 1. The van der Waals surface area contributed by atoms with Crippen LogP contribution in [0.15, 0.2) is 30.5 Å². The van der Waals surface area contributed by atoms with Gasteiger partial charge in [0.05, 0.1) is 5.69 Å². The Morgan fingerprint density at radius 2 is 1.91 bits per heavy atom. The van der Waals surface area contributed by atoms with Crippen molar-refractivity contribution in [3.05, 3.63) is 58.9 Å². The van der Waals surface area contributed by atoms with E-state index in [1.165, 1.54) is 12.1 Å². The highest BCUT2D eigenvalue weighted by Gasteiger charge is 2.31. The molecule has 0 radical (unpaired) electrons. The molecule has 166 valence electrons. The minimum absolute atomic E-state index is 0.0262. The zero-order chi connectivity index (χ0) is 22.2. The van der Waals surface area contributed by atoms with Crippen LogP contribution in [-0.2, 0) is 12.8 Å². The van der Waals surface area contributed by atoms with Gasteiger partial charge in [-0.1, -0.05) is 12.1 Å². The van der Waals surface area contributed by atoms with E-state index in [9.17, 15) is 9.18 Å². The van der Waals surface area contributed by atoms with Crippen molar-refractivity contribution in [2.45, 2.75) is 38.0 Å². The molecule has 3 aromatic rings. The molecule has 5 rings (SSSR count). The quantitative estimate of drug-likeness (QED) is 0.679. The third-order valence-electron chi connectivity index (χ3n) is 6.54. The third kappa shape index (κ3) is 3.74. The molecule has 8 heteroatoms. The monoisotopic (exact) mass is 434 g/mol. The first-order valence-corrected chi connectivity index (χ1v) is 11.2. The number of carbonyl (C=O) groups excluding carboxylic acids is 1. The molecule has 0 atom stereocenters. The van der Waals surface area contributed by atoms with Crippen LogP contribution in [0.3, 0.4) is 0 Å². The fourth-order valence-electron chi connectivity index (χ4n) is 4.77. The summed E-state index contributed by atoms with van der Waals surface area (Å²) in [6.45, 7) is 1.32. The number of nitrogens with zero attached hydrogens (tertiary/aromatic N) is 5. The second-order valence-corrected chi connectivity index (χ2v) is 8.82. The van der Waals surface area contributed by atoms with Crippen LogP contribution in [0.5, 0.6) is 0 Å². The Labute approximate surface area is 186 Å². The summed E-state index contributed by atoms with van der Waals surface area (Å²) in [6, 6.07) is 6.46. The molecule has 1 aliphatic heterocycles. The molecule has 1 fully saturated rings. The van der Waals surface area contributed by atoms with Crippen LogP contribution >= 0.6 is 0 Å². The average Bonchev–Trinajstić information content (AvgIpc) is 3.43. The molecule has 0 unspecified atom stereocenters. The Hall–Kier alpha value is -3.29. The van der Waals surface area contributed by atoms with Crippen molar-refractivity contribution in [1.82, 2.24) is 25.1 Å². The second kappa shape index (κ2) is 8.33. The molecule has 3 heterocycles. The predicted molar refractivity (Wildman–Crippen MR) is 120 cm³/mol. The zero-order valence-electron chi connectivity index (χ0n) is 18.4. The van der Waals surface area contributed by atoms with Crippen molar-refractivity contribution in [2.24, 2.45) is 0 Å². The number of rotatable bonds is 4. The molecular formula is C24H27FN6O. The molecule has 7 nitrogen and oxygen atoms in total. The summed E-state index contributed by atoms with van der Waals surface area (Å²) in [6.07, 6.45) is 6.45. The van der Waals surface area contributed by atoms with E-state index in [1.807, 2.05) is 30.1 Å². The number of carbonyl (C=O) groups is 1. The van der Waals surface area contributed by atoms with E-state index in [4.69, 9.17) is 4.98 Å². The molecule has 0 bridgehead atoms. The smallest absolute Gasteiger partial charge is 0.274 e. The Balaban J connectivity index is 1.38. The Kier molecular flexibility index (Phi) is 5.36. The molecule has 1 amide bonds. The molecule has 1 aromatic carbocycles. The number of hydrogen-bond donors (Lipinski definition) is 1. The third-order valence-corrected chi connectivity index (χ3v) is 6.54. The number of piperidine rings is 1. The normalized spacial score (nSPS) is 16.3. The van der Waals surface area contributed by atoms with Crippen LogP contribution in [0, 0.1) is 5.82 Å². The van der Waals surface area contributed by atoms with Crippen LogP contribution in [0.1, 0.15) is 52.6 Å². The van der Waals surface area contributed by atoms with Gasteiger partial charge in [0.15, 0.2) is 5.69 Å². The minimum atomic E-state index is -0.266. The summed E-state index contributed by atoms with van der Waals surface area (Å²) in [5.41, 5.74) is 5.59. The molecule has 2 aliphatic rings. The largest absolute Gasteiger partial charge is 0.347 e. The van der Waals surface area contributed by atoms with E-state index in [-0.39, 0.29) is 17.6 Å². The van der Waals surface area contributed by atoms with Gasteiger partial charge in [-0.25, -0.2) is 14.4 Å². The molecule has 0 spiro atoms. The summed E-state index contributed by atoms with van der Waals surface area (Å²) in [5.74, 6) is 0.609. The number of aryl methyl sites for hydroxylation is 1. The number of benzene rings is 1. The van der Waals surface area contributed by atoms with E-state index < -0.39 is 0 Å². The molecule has 1 N–H and O–H groups in total. The van der Waals surface area contributed by atoms with E-state index in [1.54, 1.807) is 12.1 Å². The first-order chi connectivity index (χ1) is 15.5. The number of fused-ring (bicyclic) bond motifs is 1. The first-order valence-electron chi connectivity index (χ1n) is 11.2. The van der Waals surface area contributed by atoms with Crippen molar-refractivity contribution in [1.29, 1.82) is 0 Å². The maximum atomic E-state index is 13.5. The number of aromatic amines is 1. The lowest BCUT2D eigenvalue weighted by Gasteiger charge is -2.32. The Morgan fingerprint density at radius 1 is 1.16 bits per heavy atom. The van der Waals surface area contributed by atoms with Gasteiger partial charge in [0.1, 0.15) is 5.82 Å². The number of hydrogen-bond acceptors (Lipinski definition) is 5. The maximum absolute atomic E-state index is 13.5. The highest BCUT2D eigenvalue weighted by molar-refractivity contribution is 5.94. The van der Waals surface area contributed by atoms with E-state index in [2.05, 4.69) is 15.2 Å². The average molecular weight is 435 g/mol. The van der Waals surface area contributed by atoms with Gasteiger partial charge in [-0.2, -0.15) is 5.10 Å². The zero-order valence-corrected chi connectivity index (χ0v) is 18.4. The number of aromatic nitrogens is 4. The Morgan fingerprint density at radius 3 is 2.62 bits per heavy atom. The molecule has 0 saturated carbocycles. The van der Waals surface area contributed by atoms with Gasteiger partial charge in [-0.15, -0.1) is 0 Å². The van der Waals surface area contributed by atoms with Gasteiger partial charge in [0, 0.05) is 56.1 Å². The highest BCUT2D eigenvalue weighted by atomic mass is 19.1. The van der Waals surface area contributed by atoms with Crippen LogP contribution in [0.2, 0.25) is 0 Å². The van der Waals surface area contributed by atoms with Crippen LogP contribution in [0.25, 0.3) is 11.1 Å². The summed E-state index contributed by atoms with van der Waals surface area (Å²) in [4.78, 5) is 26.2. The molecule has 32 heavy (non-hydrogen) atoms. The van der Waals surface area contributed by atoms with Gasteiger partial charge >= 0.3 is 0 Å². The Bertz CT molecular complexity index is 1130. The van der Waals surface area contributed by atoms with Crippen molar-refractivity contribution in [3.8, 4) is 11.1 Å².